The largest absolute Gasteiger partial charge is 0.411 e. The molecule has 1 N–H and O–H groups in total. The van der Waals surface area contributed by atoms with E-state index in [4.69, 9.17) is 16.0 Å². The summed E-state index contributed by atoms with van der Waals surface area (Å²) in [4.78, 5) is 12.1. The first-order valence-electron chi connectivity index (χ1n) is 8.19. The molecule has 0 fully saturated rings. The Hall–Kier alpha value is -2.83. The highest BCUT2D eigenvalue weighted by atomic mass is 35.5. The molecule has 0 bridgehead atoms. The minimum Gasteiger partial charge on any atom is -0.411 e. The molecule has 1 amide bonds. The van der Waals surface area contributed by atoms with Crippen molar-refractivity contribution in [2.75, 3.05) is 11.1 Å². The predicted octanol–water partition coefficient (Wildman–Crippen LogP) is 5.27. The monoisotopic (exact) mass is 395 g/mol. The van der Waals surface area contributed by atoms with Crippen molar-refractivity contribution < 1.29 is 9.21 Å². The van der Waals surface area contributed by atoms with Crippen LogP contribution in [0.1, 0.15) is 0 Å². The Morgan fingerprint density at radius 2 is 1.78 bits per heavy atom. The zero-order valence-electron chi connectivity index (χ0n) is 14.1. The fraction of sp³-hybridized carbons (Fsp3) is 0.0500. The van der Waals surface area contributed by atoms with Crippen LogP contribution in [0.25, 0.3) is 22.2 Å². The maximum Gasteiger partial charge on any atom is 0.277 e. The zero-order chi connectivity index (χ0) is 18.6. The highest BCUT2D eigenvalue weighted by Gasteiger charge is 2.13. The number of hydrogen-bond donors (Lipinski definition) is 1. The molecule has 0 saturated heterocycles. The van der Waals surface area contributed by atoms with Gasteiger partial charge in [-0.3, -0.25) is 4.79 Å². The van der Waals surface area contributed by atoms with E-state index in [0.717, 1.165) is 16.3 Å². The Kier molecular flexibility index (Phi) is 5.09. The molecular weight excluding hydrogens is 382 g/mol. The van der Waals surface area contributed by atoms with Gasteiger partial charge in [0.1, 0.15) is 0 Å². The summed E-state index contributed by atoms with van der Waals surface area (Å²) in [6, 6.07) is 20.9. The highest BCUT2D eigenvalue weighted by molar-refractivity contribution is 7.99. The van der Waals surface area contributed by atoms with Gasteiger partial charge in [-0.2, -0.15) is 0 Å². The van der Waals surface area contributed by atoms with Crippen LogP contribution in [0.5, 0.6) is 0 Å². The number of amides is 1. The lowest BCUT2D eigenvalue weighted by atomic mass is 10.0. The van der Waals surface area contributed by atoms with E-state index in [-0.39, 0.29) is 11.7 Å². The molecule has 0 aliphatic rings. The molecule has 4 aromatic rings. The third-order valence-corrected chi connectivity index (χ3v) is 4.95. The second-order valence-electron chi connectivity index (χ2n) is 5.74. The van der Waals surface area contributed by atoms with Crippen LogP contribution in [0.3, 0.4) is 0 Å². The van der Waals surface area contributed by atoms with Crippen molar-refractivity contribution in [3.63, 3.8) is 0 Å². The molecule has 27 heavy (non-hydrogen) atoms. The first kappa shape index (κ1) is 17.6. The summed E-state index contributed by atoms with van der Waals surface area (Å²) in [5, 5.41) is 14.1. The van der Waals surface area contributed by atoms with Gasteiger partial charge in [0.05, 0.1) is 5.75 Å². The molecule has 0 spiro atoms. The average molecular weight is 396 g/mol. The normalized spacial score (nSPS) is 10.9. The van der Waals surface area contributed by atoms with Gasteiger partial charge < -0.3 is 9.73 Å². The summed E-state index contributed by atoms with van der Waals surface area (Å²) >= 11 is 7.03. The Balaban J connectivity index is 1.43. The van der Waals surface area contributed by atoms with E-state index >= 15 is 0 Å². The van der Waals surface area contributed by atoms with Crippen LogP contribution in [0.4, 0.5) is 5.69 Å². The van der Waals surface area contributed by atoms with Crippen LogP contribution in [0, 0.1) is 0 Å². The smallest absolute Gasteiger partial charge is 0.277 e. The highest BCUT2D eigenvalue weighted by Crippen LogP contribution is 2.29. The second-order valence-corrected chi connectivity index (χ2v) is 7.11. The van der Waals surface area contributed by atoms with Gasteiger partial charge in [-0.25, -0.2) is 0 Å². The number of nitrogens with one attached hydrogen (secondary N) is 1. The van der Waals surface area contributed by atoms with E-state index in [2.05, 4.69) is 15.5 Å². The fourth-order valence-electron chi connectivity index (χ4n) is 2.65. The van der Waals surface area contributed by atoms with Crippen molar-refractivity contribution in [2.24, 2.45) is 0 Å². The molecule has 0 saturated carbocycles. The van der Waals surface area contributed by atoms with Crippen LogP contribution >= 0.6 is 23.4 Å². The molecule has 1 heterocycles. The number of carbonyl (C=O) groups excluding carboxylic acids is 1. The number of nitrogens with zero attached hydrogens (tertiary/aromatic N) is 2. The summed E-state index contributed by atoms with van der Waals surface area (Å²) in [6.07, 6.45) is 0. The third kappa shape index (κ3) is 4.13. The van der Waals surface area contributed by atoms with Crippen molar-refractivity contribution >= 4 is 45.7 Å². The molecule has 3 aromatic carbocycles. The molecule has 4 rings (SSSR count). The summed E-state index contributed by atoms with van der Waals surface area (Å²) in [7, 11) is 0. The van der Waals surface area contributed by atoms with Crippen LogP contribution < -0.4 is 5.32 Å². The molecule has 7 heteroatoms. The van der Waals surface area contributed by atoms with Crippen molar-refractivity contribution in [2.45, 2.75) is 5.22 Å². The van der Waals surface area contributed by atoms with E-state index in [9.17, 15) is 4.79 Å². The fourth-order valence-corrected chi connectivity index (χ4v) is 3.34. The first-order valence-corrected chi connectivity index (χ1v) is 9.55. The van der Waals surface area contributed by atoms with Crippen molar-refractivity contribution in [1.82, 2.24) is 10.2 Å². The van der Waals surface area contributed by atoms with Gasteiger partial charge in [-0.1, -0.05) is 59.8 Å². The minimum atomic E-state index is -0.160. The average Bonchev–Trinajstić information content (AvgIpc) is 3.17. The topological polar surface area (TPSA) is 68.0 Å². The van der Waals surface area contributed by atoms with Crippen molar-refractivity contribution in [3.8, 4) is 11.5 Å². The van der Waals surface area contributed by atoms with Gasteiger partial charge in [0, 0.05) is 16.3 Å². The Labute approximate surface area is 164 Å². The van der Waals surface area contributed by atoms with Crippen LogP contribution in [-0.4, -0.2) is 21.9 Å². The van der Waals surface area contributed by atoms with Gasteiger partial charge in [0.15, 0.2) is 0 Å². The van der Waals surface area contributed by atoms with Crippen LogP contribution in [-0.2, 0) is 4.79 Å². The lowest BCUT2D eigenvalue weighted by molar-refractivity contribution is -0.113. The summed E-state index contributed by atoms with van der Waals surface area (Å²) in [6.45, 7) is 0. The number of benzene rings is 3. The maximum atomic E-state index is 12.1. The molecule has 0 unspecified atom stereocenters. The quantitative estimate of drug-likeness (QED) is 0.466. The Bertz CT molecular complexity index is 1090. The first-order chi connectivity index (χ1) is 13.2. The van der Waals surface area contributed by atoms with Crippen molar-refractivity contribution in [1.29, 1.82) is 0 Å². The number of rotatable bonds is 5. The molecule has 0 atom stereocenters. The van der Waals surface area contributed by atoms with Gasteiger partial charge in [0.2, 0.25) is 11.8 Å². The van der Waals surface area contributed by atoms with Crippen molar-refractivity contribution in [3.05, 3.63) is 71.8 Å². The number of aromatic nitrogens is 2. The molecule has 1 aromatic heterocycles. The van der Waals surface area contributed by atoms with Gasteiger partial charge in [-0.05, 0) is 41.1 Å². The molecular formula is C20H14ClN3O2S. The lowest BCUT2D eigenvalue weighted by Crippen LogP contribution is -2.13. The third-order valence-electron chi connectivity index (χ3n) is 3.88. The van der Waals surface area contributed by atoms with Gasteiger partial charge >= 0.3 is 0 Å². The Morgan fingerprint density at radius 3 is 2.63 bits per heavy atom. The number of anilines is 1. The number of carbonyl (C=O) groups is 1. The lowest BCUT2D eigenvalue weighted by Gasteiger charge is -2.03. The Morgan fingerprint density at radius 1 is 1.00 bits per heavy atom. The van der Waals surface area contributed by atoms with E-state index < -0.39 is 0 Å². The summed E-state index contributed by atoms with van der Waals surface area (Å²) in [5.74, 6) is 0.444. The number of halogens is 1. The summed E-state index contributed by atoms with van der Waals surface area (Å²) in [5.41, 5.74) is 1.56. The van der Waals surface area contributed by atoms with E-state index in [1.165, 1.54) is 11.8 Å². The number of hydrogen-bond acceptors (Lipinski definition) is 5. The standard InChI is InChI=1S/C20H14ClN3O2S/c21-14-8-10-15(11-9-14)22-18(25)12-27-20-24-23-19(26-20)17-7-3-5-13-4-1-2-6-16(13)17/h1-11H,12H2,(H,22,25). The maximum absolute atomic E-state index is 12.1. The van der Waals surface area contributed by atoms with Gasteiger partial charge in [-0.15, -0.1) is 10.2 Å². The molecule has 5 nitrogen and oxygen atoms in total. The molecule has 0 radical (unpaired) electrons. The molecule has 0 aliphatic carbocycles. The predicted molar refractivity (Wildman–Crippen MR) is 108 cm³/mol. The van der Waals surface area contributed by atoms with E-state index in [1.54, 1.807) is 24.3 Å². The number of thioether (sulfide) groups is 1. The van der Waals surface area contributed by atoms with E-state index in [1.807, 2.05) is 42.5 Å². The van der Waals surface area contributed by atoms with Gasteiger partial charge in [0.25, 0.3) is 5.22 Å². The SMILES string of the molecule is O=C(CSc1nnc(-c2cccc3ccccc23)o1)Nc1ccc(Cl)cc1. The second kappa shape index (κ2) is 7.82. The molecule has 134 valence electrons. The molecule has 0 aliphatic heterocycles. The zero-order valence-corrected chi connectivity index (χ0v) is 15.6. The van der Waals surface area contributed by atoms with Crippen LogP contribution in [0.15, 0.2) is 76.4 Å². The number of fused-ring (bicyclic) bond motifs is 1. The van der Waals surface area contributed by atoms with Crippen LogP contribution in [0.2, 0.25) is 5.02 Å². The summed E-state index contributed by atoms with van der Waals surface area (Å²) < 4.78 is 5.74. The minimum absolute atomic E-state index is 0.160. The van der Waals surface area contributed by atoms with E-state index in [0.29, 0.717) is 21.8 Å².